The fourth-order valence-electron chi connectivity index (χ4n) is 8.05. The van der Waals surface area contributed by atoms with E-state index in [2.05, 4.69) is 27.1 Å². The number of amidine groups is 2. The van der Waals surface area contributed by atoms with E-state index in [4.69, 9.17) is 4.74 Å². The van der Waals surface area contributed by atoms with Crippen LogP contribution < -0.4 is 5.43 Å². The van der Waals surface area contributed by atoms with Crippen LogP contribution in [-0.4, -0.2) is 116 Å². The van der Waals surface area contributed by atoms with E-state index in [1.165, 1.54) is 6.08 Å². The number of alkyl halides is 4. The van der Waals surface area contributed by atoms with Gasteiger partial charge >= 0.3 is 12.2 Å². The van der Waals surface area contributed by atoms with Crippen molar-refractivity contribution < 1.29 is 27.1 Å². The zero-order chi connectivity index (χ0) is 31.1. The Bertz CT molecular complexity index is 1130. The smallest absolute Gasteiger partial charge is 0.392 e. The number of aliphatic imine (C=N–C) groups is 2. The molecular formula is C30H45F4N7O2. The highest BCUT2D eigenvalue weighted by molar-refractivity contribution is 5.98. The molecule has 9 unspecified atom stereocenters. The SMILES string of the molecule is C=CC(=O)N1CCN(C2=NC(OCCCN(C)C)=NC3C2CC(C(F)(F)F)C(C2C(C)CCC4NN=CC42)C3F)C[C@H]1C. The Morgan fingerprint density at radius 1 is 1.23 bits per heavy atom. The van der Waals surface area contributed by atoms with Crippen molar-refractivity contribution in [2.75, 3.05) is 46.9 Å². The van der Waals surface area contributed by atoms with Gasteiger partial charge in [-0.1, -0.05) is 13.5 Å². The Hall–Kier alpha value is -2.70. The average molecular weight is 612 g/mol. The topological polar surface area (TPSA) is 85.1 Å². The van der Waals surface area contributed by atoms with Gasteiger partial charge in [0, 0.05) is 56.2 Å². The zero-order valence-electron chi connectivity index (χ0n) is 25.5. The molecule has 240 valence electrons. The molecule has 0 bridgehead atoms. The third kappa shape index (κ3) is 6.42. The van der Waals surface area contributed by atoms with Gasteiger partial charge in [-0.3, -0.25) is 4.79 Å². The minimum absolute atomic E-state index is 0.0257. The van der Waals surface area contributed by atoms with Crippen LogP contribution in [0.2, 0.25) is 0 Å². The van der Waals surface area contributed by atoms with Crippen LogP contribution in [0.15, 0.2) is 27.7 Å². The lowest BCUT2D eigenvalue weighted by Crippen LogP contribution is -2.62. The Labute approximate surface area is 251 Å². The zero-order valence-corrected chi connectivity index (χ0v) is 25.5. The number of hydrogen-bond acceptors (Lipinski definition) is 8. The van der Waals surface area contributed by atoms with Crippen LogP contribution in [0.4, 0.5) is 17.6 Å². The maximum Gasteiger partial charge on any atom is 0.392 e. The molecule has 0 aromatic heterocycles. The molecule has 5 aliphatic rings. The predicted molar refractivity (Wildman–Crippen MR) is 158 cm³/mol. The Morgan fingerprint density at radius 3 is 2.67 bits per heavy atom. The number of hydrazone groups is 1. The number of hydrogen-bond donors (Lipinski definition) is 1. The molecule has 9 nitrogen and oxygen atoms in total. The molecule has 0 radical (unpaired) electrons. The summed E-state index contributed by atoms with van der Waals surface area (Å²) in [5.74, 6) is -4.63. The summed E-state index contributed by atoms with van der Waals surface area (Å²) in [7, 11) is 3.90. The molecule has 3 fully saturated rings. The van der Waals surface area contributed by atoms with E-state index in [-0.39, 0.29) is 42.3 Å². The third-order valence-electron chi connectivity index (χ3n) is 10.1. The van der Waals surface area contributed by atoms with Crippen molar-refractivity contribution >= 4 is 24.0 Å². The molecule has 1 saturated heterocycles. The van der Waals surface area contributed by atoms with Crippen LogP contribution in [0, 0.1) is 35.5 Å². The Morgan fingerprint density at radius 2 is 2.00 bits per heavy atom. The molecule has 0 aromatic rings. The van der Waals surface area contributed by atoms with Crippen LogP contribution in [-0.2, 0) is 9.53 Å². The van der Waals surface area contributed by atoms with Crippen molar-refractivity contribution in [1.82, 2.24) is 20.1 Å². The van der Waals surface area contributed by atoms with Gasteiger partial charge in [-0.05, 0) is 64.6 Å². The minimum atomic E-state index is -4.59. The second kappa shape index (κ2) is 12.7. The summed E-state index contributed by atoms with van der Waals surface area (Å²) in [6.07, 6.45) is -1.55. The monoisotopic (exact) mass is 611 g/mol. The van der Waals surface area contributed by atoms with E-state index in [0.717, 1.165) is 13.0 Å². The van der Waals surface area contributed by atoms with Gasteiger partial charge < -0.3 is 24.9 Å². The average Bonchev–Trinajstić information content (AvgIpc) is 3.43. The number of piperazine rings is 1. The Balaban J connectivity index is 1.48. The number of amides is 1. The second-order valence-corrected chi connectivity index (χ2v) is 13.1. The van der Waals surface area contributed by atoms with Gasteiger partial charge in [-0.2, -0.15) is 23.3 Å². The first kappa shape index (κ1) is 31.7. The van der Waals surface area contributed by atoms with Crippen molar-refractivity contribution in [3.8, 4) is 0 Å². The summed E-state index contributed by atoms with van der Waals surface area (Å²) in [4.78, 5) is 27.2. The van der Waals surface area contributed by atoms with E-state index in [9.17, 15) is 18.0 Å². The molecule has 10 atom stereocenters. The van der Waals surface area contributed by atoms with E-state index < -0.39 is 42.1 Å². The fourth-order valence-corrected chi connectivity index (χ4v) is 8.05. The largest absolute Gasteiger partial charge is 0.464 e. The van der Waals surface area contributed by atoms with E-state index in [1.54, 1.807) is 11.1 Å². The van der Waals surface area contributed by atoms with Gasteiger partial charge in [0.05, 0.1) is 24.6 Å². The molecule has 0 spiro atoms. The highest BCUT2D eigenvalue weighted by Crippen LogP contribution is 2.55. The summed E-state index contributed by atoms with van der Waals surface area (Å²) in [5, 5.41) is 4.18. The van der Waals surface area contributed by atoms with Gasteiger partial charge in [0.2, 0.25) is 5.91 Å². The molecule has 1 amide bonds. The van der Waals surface area contributed by atoms with Gasteiger partial charge in [0.25, 0.3) is 0 Å². The number of nitrogens with zero attached hydrogens (tertiary/aromatic N) is 6. The number of ether oxygens (including phenoxy) is 1. The number of fused-ring (bicyclic) bond motifs is 2. The minimum Gasteiger partial charge on any atom is -0.464 e. The molecule has 3 heterocycles. The van der Waals surface area contributed by atoms with Gasteiger partial charge in [0.1, 0.15) is 12.0 Å². The van der Waals surface area contributed by atoms with Crippen molar-refractivity contribution in [2.45, 2.75) is 70.0 Å². The maximum atomic E-state index is 17.0. The third-order valence-corrected chi connectivity index (χ3v) is 10.1. The van der Waals surface area contributed by atoms with Crippen molar-refractivity contribution in [1.29, 1.82) is 0 Å². The Kier molecular flexibility index (Phi) is 9.39. The van der Waals surface area contributed by atoms with Crippen LogP contribution in [0.1, 0.15) is 39.5 Å². The lowest BCUT2D eigenvalue weighted by molar-refractivity contribution is -0.220. The van der Waals surface area contributed by atoms with Crippen LogP contribution in [0.25, 0.3) is 0 Å². The van der Waals surface area contributed by atoms with Gasteiger partial charge in [0.15, 0.2) is 0 Å². The summed E-state index contributed by atoms with van der Waals surface area (Å²) in [5.41, 5.74) is 3.04. The van der Waals surface area contributed by atoms with Crippen molar-refractivity contribution in [3.05, 3.63) is 12.7 Å². The summed E-state index contributed by atoms with van der Waals surface area (Å²) < 4.78 is 67.7. The summed E-state index contributed by atoms with van der Waals surface area (Å²) in [6, 6.07) is -1.31. The van der Waals surface area contributed by atoms with E-state index in [1.807, 2.05) is 37.7 Å². The molecule has 13 heteroatoms. The number of halogens is 4. The quantitative estimate of drug-likeness (QED) is 0.282. The number of nitrogens with one attached hydrogen (secondary N) is 1. The first-order valence-corrected chi connectivity index (χ1v) is 15.5. The van der Waals surface area contributed by atoms with Crippen LogP contribution in [0.5, 0.6) is 0 Å². The molecule has 2 saturated carbocycles. The highest BCUT2D eigenvalue weighted by atomic mass is 19.4. The molecule has 5 rings (SSSR count). The normalized spacial score (nSPS) is 37.7. The lowest BCUT2D eigenvalue weighted by Gasteiger charge is -2.52. The standard InChI is InChI=1S/C30H45F4N7O2/c1-6-23(42)41-12-11-40(16-18(41)3)28-19-14-21(30(32,33)34)25(24-17(2)8-9-22-20(24)15-35-38-22)26(31)27(19)36-29(37-28)43-13-7-10-39(4)5/h6,15,17-22,24-27,38H,1,7-14,16H2,2-5H3/t17?,18-,19?,20?,21?,22?,24?,25?,26?,27?/m1/s1. The molecule has 3 aliphatic heterocycles. The maximum absolute atomic E-state index is 17.0. The van der Waals surface area contributed by atoms with Crippen LogP contribution >= 0.6 is 0 Å². The molecule has 2 aliphatic carbocycles. The van der Waals surface area contributed by atoms with E-state index >= 15 is 4.39 Å². The molecule has 43 heavy (non-hydrogen) atoms. The van der Waals surface area contributed by atoms with Crippen molar-refractivity contribution in [2.24, 2.45) is 50.6 Å². The predicted octanol–water partition coefficient (Wildman–Crippen LogP) is 3.58. The highest BCUT2D eigenvalue weighted by Gasteiger charge is 2.62. The first-order valence-electron chi connectivity index (χ1n) is 15.5. The lowest BCUT2D eigenvalue weighted by atomic mass is 9.56. The fraction of sp³-hybridized carbons (Fsp3) is 0.800. The van der Waals surface area contributed by atoms with Gasteiger partial charge in [-0.15, -0.1) is 0 Å². The number of rotatable bonds is 6. The van der Waals surface area contributed by atoms with E-state index in [0.29, 0.717) is 44.9 Å². The van der Waals surface area contributed by atoms with Gasteiger partial charge in [-0.25, -0.2) is 9.38 Å². The second-order valence-electron chi connectivity index (χ2n) is 13.1. The summed E-state index contributed by atoms with van der Waals surface area (Å²) in [6.45, 7) is 9.56. The van der Waals surface area contributed by atoms with Crippen molar-refractivity contribution in [3.63, 3.8) is 0 Å². The number of carbonyl (C=O) groups excluding carboxylic acids is 1. The van der Waals surface area contributed by atoms with Crippen LogP contribution in [0.3, 0.4) is 0 Å². The first-order chi connectivity index (χ1) is 20.4. The number of carbonyl (C=O) groups is 1. The molecule has 1 N–H and O–H groups in total. The molecule has 0 aromatic carbocycles. The molecular weight excluding hydrogens is 566 g/mol. The summed E-state index contributed by atoms with van der Waals surface area (Å²) >= 11 is 0.